The highest BCUT2D eigenvalue weighted by Gasteiger charge is 2.29. The summed E-state index contributed by atoms with van der Waals surface area (Å²) < 4.78 is 16.4. The predicted molar refractivity (Wildman–Crippen MR) is 112 cm³/mol. The molecular formula is C22H22ClN3O4. The topological polar surface area (TPSA) is 77.7 Å². The quantitative estimate of drug-likeness (QED) is 0.587. The molecule has 7 nitrogen and oxygen atoms in total. The number of hydrogen-bond acceptors (Lipinski definition) is 6. The number of ether oxygens (including phenoxy) is 2. The molecule has 4 rings (SSSR count). The fraction of sp³-hybridized carbons (Fsp3) is 0.318. The summed E-state index contributed by atoms with van der Waals surface area (Å²) in [5.74, 6) is 2.34. The highest BCUT2D eigenvalue weighted by molar-refractivity contribution is 6.30. The molecule has 1 aromatic heterocycles. The van der Waals surface area contributed by atoms with E-state index in [0.717, 1.165) is 24.2 Å². The van der Waals surface area contributed by atoms with Gasteiger partial charge in [0.2, 0.25) is 11.7 Å². The first-order chi connectivity index (χ1) is 14.6. The number of methoxy groups -OCH3 is 1. The van der Waals surface area contributed by atoms with E-state index in [2.05, 4.69) is 10.1 Å². The van der Waals surface area contributed by atoms with Gasteiger partial charge in [0.1, 0.15) is 11.5 Å². The SMILES string of the molecule is COc1cccc(-c2noc(C3CCCN(C(=O)COc4ccc(Cl)cc4)C3)n2)c1. The molecule has 1 atom stereocenters. The van der Waals surface area contributed by atoms with Gasteiger partial charge in [-0.3, -0.25) is 4.79 Å². The van der Waals surface area contributed by atoms with Crippen molar-refractivity contribution in [2.24, 2.45) is 0 Å². The maximum atomic E-state index is 12.6. The largest absolute Gasteiger partial charge is 0.497 e. The van der Waals surface area contributed by atoms with Crippen LogP contribution in [0.15, 0.2) is 53.1 Å². The molecule has 1 fully saturated rings. The molecule has 0 radical (unpaired) electrons. The van der Waals surface area contributed by atoms with Gasteiger partial charge in [0.15, 0.2) is 6.61 Å². The van der Waals surface area contributed by atoms with E-state index in [4.69, 9.17) is 25.6 Å². The monoisotopic (exact) mass is 427 g/mol. The molecule has 1 aliphatic heterocycles. The second-order valence-corrected chi connectivity index (χ2v) is 7.55. The summed E-state index contributed by atoms with van der Waals surface area (Å²) in [5.41, 5.74) is 0.824. The van der Waals surface area contributed by atoms with E-state index in [1.165, 1.54) is 0 Å². The van der Waals surface area contributed by atoms with Gasteiger partial charge in [0.05, 0.1) is 13.0 Å². The van der Waals surface area contributed by atoms with Crippen molar-refractivity contribution in [2.75, 3.05) is 26.8 Å². The van der Waals surface area contributed by atoms with Crippen LogP contribution in [-0.4, -0.2) is 47.8 Å². The molecule has 8 heteroatoms. The number of piperidine rings is 1. The minimum absolute atomic E-state index is 0.00471. The standard InChI is InChI=1S/C22H22ClN3O4/c1-28-19-6-2-4-15(12-19)21-24-22(30-25-21)16-5-3-11-26(13-16)20(27)14-29-18-9-7-17(23)8-10-18/h2,4,6-10,12,16H,3,5,11,13-14H2,1H3. The zero-order valence-corrected chi connectivity index (χ0v) is 17.3. The highest BCUT2D eigenvalue weighted by Crippen LogP contribution is 2.28. The normalized spacial score (nSPS) is 16.3. The lowest BCUT2D eigenvalue weighted by Gasteiger charge is -2.30. The van der Waals surface area contributed by atoms with Crippen LogP contribution in [0.4, 0.5) is 0 Å². The van der Waals surface area contributed by atoms with Gasteiger partial charge >= 0.3 is 0 Å². The van der Waals surface area contributed by atoms with E-state index >= 15 is 0 Å². The van der Waals surface area contributed by atoms with Crippen LogP contribution in [0.2, 0.25) is 5.02 Å². The van der Waals surface area contributed by atoms with Crippen LogP contribution in [-0.2, 0) is 4.79 Å². The van der Waals surface area contributed by atoms with Gasteiger partial charge in [0, 0.05) is 23.7 Å². The van der Waals surface area contributed by atoms with Crippen molar-refractivity contribution < 1.29 is 18.8 Å². The van der Waals surface area contributed by atoms with Crippen molar-refractivity contribution in [3.8, 4) is 22.9 Å². The molecule has 156 valence electrons. The molecule has 0 saturated carbocycles. The van der Waals surface area contributed by atoms with Gasteiger partial charge in [-0.15, -0.1) is 0 Å². The predicted octanol–water partition coefficient (Wildman–Crippen LogP) is 4.18. The molecule has 1 unspecified atom stereocenters. The summed E-state index contributed by atoms with van der Waals surface area (Å²) in [5, 5.41) is 4.73. The first-order valence-corrected chi connectivity index (χ1v) is 10.1. The fourth-order valence-corrected chi connectivity index (χ4v) is 3.58. The van der Waals surface area contributed by atoms with Gasteiger partial charge in [-0.1, -0.05) is 28.9 Å². The Balaban J connectivity index is 1.38. The molecule has 0 bridgehead atoms. The van der Waals surface area contributed by atoms with Crippen molar-refractivity contribution in [3.63, 3.8) is 0 Å². The second-order valence-electron chi connectivity index (χ2n) is 7.11. The molecule has 2 heterocycles. The first-order valence-electron chi connectivity index (χ1n) is 9.76. The van der Waals surface area contributed by atoms with E-state index in [1.54, 1.807) is 36.3 Å². The number of amides is 1. The van der Waals surface area contributed by atoms with Crippen molar-refractivity contribution in [3.05, 3.63) is 59.4 Å². The smallest absolute Gasteiger partial charge is 0.260 e. The van der Waals surface area contributed by atoms with E-state index in [-0.39, 0.29) is 18.4 Å². The van der Waals surface area contributed by atoms with Gasteiger partial charge in [0.25, 0.3) is 5.91 Å². The van der Waals surface area contributed by atoms with Crippen LogP contribution < -0.4 is 9.47 Å². The molecule has 1 amide bonds. The van der Waals surface area contributed by atoms with Gasteiger partial charge in [-0.05, 0) is 49.2 Å². The molecule has 0 aliphatic carbocycles. The zero-order chi connectivity index (χ0) is 20.9. The van der Waals surface area contributed by atoms with E-state index in [0.29, 0.717) is 35.6 Å². The number of hydrogen-bond donors (Lipinski definition) is 0. The molecule has 0 N–H and O–H groups in total. The summed E-state index contributed by atoms with van der Waals surface area (Å²) >= 11 is 5.87. The lowest BCUT2D eigenvalue weighted by atomic mass is 9.98. The summed E-state index contributed by atoms with van der Waals surface area (Å²) in [7, 11) is 1.62. The number of halogens is 1. The third-order valence-electron chi connectivity index (χ3n) is 5.07. The van der Waals surface area contributed by atoms with Crippen molar-refractivity contribution in [1.29, 1.82) is 0 Å². The van der Waals surface area contributed by atoms with Crippen LogP contribution in [0.5, 0.6) is 11.5 Å². The maximum absolute atomic E-state index is 12.6. The number of nitrogens with zero attached hydrogens (tertiary/aromatic N) is 3. The lowest BCUT2D eigenvalue weighted by molar-refractivity contribution is -0.134. The zero-order valence-electron chi connectivity index (χ0n) is 16.6. The molecule has 1 saturated heterocycles. The van der Waals surface area contributed by atoms with E-state index in [1.807, 2.05) is 24.3 Å². The Morgan fingerprint density at radius 2 is 2.07 bits per heavy atom. The molecule has 3 aromatic rings. The first kappa shape index (κ1) is 20.2. The Bertz CT molecular complexity index is 1010. The van der Waals surface area contributed by atoms with Gasteiger partial charge in [-0.2, -0.15) is 4.98 Å². The van der Waals surface area contributed by atoms with Crippen molar-refractivity contribution in [2.45, 2.75) is 18.8 Å². The van der Waals surface area contributed by atoms with Gasteiger partial charge < -0.3 is 18.9 Å². The Hall–Kier alpha value is -3.06. The average molecular weight is 428 g/mol. The van der Waals surface area contributed by atoms with Crippen LogP contribution in [0.1, 0.15) is 24.7 Å². The van der Waals surface area contributed by atoms with E-state index < -0.39 is 0 Å². The molecule has 0 spiro atoms. The van der Waals surface area contributed by atoms with Crippen LogP contribution >= 0.6 is 11.6 Å². The number of carbonyl (C=O) groups is 1. The van der Waals surface area contributed by atoms with Crippen LogP contribution in [0.25, 0.3) is 11.4 Å². The lowest BCUT2D eigenvalue weighted by Crippen LogP contribution is -2.41. The maximum Gasteiger partial charge on any atom is 0.260 e. The summed E-state index contributed by atoms with van der Waals surface area (Å²) in [6, 6.07) is 14.5. The number of aromatic nitrogens is 2. The number of benzene rings is 2. The third kappa shape index (κ3) is 4.74. The molecule has 30 heavy (non-hydrogen) atoms. The summed E-state index contributed by atoms with van der Waals surface area (Å²) in [4.78, 5) is 19.0. The number of likely N-dealkylation sites (tertiary alicyclic amines) is 1. The Morgan fingerprint density at radius 3 is 2.87 bits per heavy atom. The Morgan fingerprint density at radius 1 is 1.23 bits per heavy atom. The van der Waals surface area contributed by atoms with E-state index in [9.17, 15) is 4.79 Å². The van der Waals surface area contributed by atoms with Crippen molar-refractivity contribution >= 4 is 17.5 Å². The Kier molecular flexibility index (Phi) is 6.18. The minimum atomic E-state index is -0.0674. The summed E-state index contributed by atoms with van der Waals surface area (Å²) in [6.45, 7) is 1.20. The minimum Gasteiger partial charge on any atom is -0.497 e. The molecule has 1 aliphatic rings. The highest BCUT2D eigenvalue weighted by atomic mass is 35.5. The second kappa shape index (κ2) is 9.17. The van der Waals surface area contributed by atoms with Crippen LogP contribution in [0.3, 0.4) is 0 Å². The fourth-order valence-electron chi connectivity index (χ4n) is 3.45. The van der Waals surface area contributed by atoms with Crippen LogP contribution in [0, 0.1) is 0 Å². The van der Waals surface area contributed by atoms with Gasteiger partial charge in [-0.25, -0.2) is 0 Å². The third-order valence-corrected chi connectivity index (χ3v) is 5.32. The number of rotatable bonds is 6. The molecule has 2 aromatic carbocycles. The van der Waals surface area contributed by atoms with Crippen molar-refractivity contribution in [1.82, 2.24) is 15.0 Å². The molecular weight excluding hydrogens is 406 g/mol. The number of carbonyl (C=O) groups excluding carboxylic acids is 1. The summed E-state index contributed by atoms with van der Waals surface area (Å²) in [6.07, 6.45) is 1.76. The average Bonchev–Trinajstić information content (AvgIpc) is 3.29. The Labute approximate surface area is 179 Å².